The van der Waals surface area contributed by atoms with Crippen LogP contribution in [0.4, 0.5) is 5.69 Å². The van der Waals surface area contributed by atoms with Gasteiger partial charge in [-0.15, -0.1) is 0 Å². The number of hydrogen-bond acceptors (Lipinski definition) is 3. The summed E-state index contributed by atoms with van der Waals surface area (Å²) in [5.74, 6) is -0.299. The van der Waals surface area contributed by atoms with Crippen LogP contribution in [0.2, 0.25) is 10.0 Å². The lowest BCUT2D eigenvalue weighted by atomic mass is 9.92. The molecule has 7 heteroatoms. The number of carboxylic acids is 1. The number of carbonyl (C=O) groups excluding carboxylic acids is 1. The van der Waals surface area contributed by atoms with Gasteiger partial charge in [-0.25, -0.2) is 0 Å². The van der Waals surface area contributed by atoms with Gasteiger partial charge in [-0.3, -0.25) is 9.59 Å². The van der Waals surface area contributed by atoms with E-state index in [0.717, 1.165) is 0 Å². The Bertz CT molecular complexity index is 819. The average molecular weight is 410 g/mol. The van der Waals surface area contributed by atoms with E-state index in [2.05, 4.69) is 5.32 Å². The topological polar surface area (TPSA) is 75.6 Å². The minimum absolute atomic E-state index is 0.0590. The molecule has 0 saturated heterocycles. The molecule has 0 spiro atoms. The highest BCUT2D eigenvalue weighted by molar-refractivity contribution is 6.37. The molecule has 0 aliphatic rings. The maximum atomic E-state index is 12.0. The van der Waals surface area contributed by atoms with Crippen molar-refractivity contribution in [3.05, 3.63) is 52.0 Å². The number of aliphatic carboxylic acids is 1. The van der Waals surface area contributed by atoms with Crippen LogP contribution in [0.15, 0.2) is 36.4 Å². The summed E-state index contributed by atoms with van der Waals surface area (Å²) in [6, 6.07) is 9.83. The molecule has 27 heavy (non-hydrogen) atoms. The monoisotopic (exact) mass is 409 g/mol. The SMILES string of the molecule is CC(C)(C)CC(=O)Nc1ccc(Oc2c(Cl)cc(CC(=O)O)cc2Cl)cc1. The van der Waals surface area contributed by atoms with Crippen molar-refractivity contribution in [3.8, 4) is 11.5 Å². The van der Waals surface area contributed by atoms with Gasteiger partial charge in [-0.05, 0) is 47.4 Å². The minimum atomic E-state index is -0.972. The standard InChI is InChI=1S/C20H21Cl2NO4/c1-20(2,3)11-17(24)23-13-4-6-14(7-5-13)27-19-15(21)8-12(9-16(19)22)10-18(25)26/h4-9H,10-11H2,1-3H3,(H,23,24)(H,25,26). The molecule has 0 radical (unpaired) electrons. The number of ether oxygens (including phenoxy) is 1. The largest absolute Gasteiger partial charge is 0.481 e. The zero-order chi connectivity index (χ0) is 20.2. The first-order chi connectivity index (χ1) is 12.5. The molecule has 0 fully saturated rings. The first kappa shape index (κ1) is 21.1. The zero-order valence-corrected chi connectivity index (χ0v) is 16.8. The van der Waals surface area contributed by atoms with Crippen molar-refractivity contribution in [2.45, 2.75) is 33.6 Å². The number of benzene rings is 2. The quantitative estimate of drug-likeness (QED) is 0.632. The van der Waals surface area contributed by atoms with Crippen LogP contribution in [-0.4, -0.2) is 17.0 Å². The highest BCUT2D eigenvalue weighted by Crippen LogP contribution is 2.37. The second-order valence-corrected chi connectivity index (χ2v) is 8.19. The summed E-state index contributed by atoms with van der Waals surface area (Å²) in [6.07, 6.45) is 0.238. The Balaban J connectivity index is 2.08. The number of rotatable bonds is 6. The fraction of sp³-hybridized carbons (Fsp3) is 0.300. The van der Waals surface area contributed by atoms with Crippen LogP contribution in [0.1, 0.15) is 32.8 Å². The molecular formula is C20H21Cl2NO4. The molecule has 0 atom stereocenters. The lowest BCUT2D eigenvalue weighted by Crippen LogP contribution is -2.19. The average Bonchev–Trinajstić information content (AvgIpc) is 2.50. The number of carboxylic acid groups (broad SMARTS) is 1. The van der Waals surface area contributed by atoms with Gasteiger partial charge < -0.3 is 15.2 Å². The predicted octanol–water partition coefficient (Wildman–Crippen LogP) is 5.79. The molecule has 0 heterocycles. The van der Waals surface area contributed by atoms with Gasteiger partial charge in [0.2, 0.25) is 5.91 Å². The second kappa shape index (κ2) is 8.63. The highest BCUT2D eigenvalue weighted by Gasteiger charge is 2.16. The lowest BCUT2D eigenvalue weighted by Gasteiger charge is -2.17. The lowest BCUT2D eigenvalue weighted by molar-refractivity contribution is -0.136. The summed E-state index contributed by atoms with van der Waals surface area (Å²) >= 11 is 12.3. The Hall–Kier alpha value is -2.24. The van der Waals surface area contributed by atoms with E-state index in [9.17, 15) is 9.59 Å². The Morgan fingerprint density at radius 2 is 1.63 bits per heavy atom. The summed E-state index contributed by atoms with van der Waals surface area (Å²) in [7, 11) is 0. The van der Waals surface area contributed by atoms with Gasteiger partial charge in [0.1, 0.15) is 5.75 Å². The van der Waals surface area contributed by atoms with Crippen LogP contribution in [0, 0.1) is 5.41 Å². The van der Waals surface area contributed by atoms with E-state index in [0.29, 0.717) is 23.4 Å². The van der Waals surface area contributed by atoms with Crippen LogP contribution < -0.4 is 10.1 Å². The molecule has 0 aliphatic heterocycles. The number of amides is 1. The van der Waals surface area contributed by atoms with Crippen LogP contribution in [-0.2, 0) is 16.0 Å². The Morgan fingerprint density at radius 3 is 2.11 bits per heavy atom. The van der Waals surface area contributed by atoms with Crippen LogP contribution in [0.3, 0.4) is 0 Å². The van der Waals surface area contributed by atoms with E-state index in [1.807, 2.05) is 20.8 Å². The van der Waals surface area contributed by atoms with E-state index in [-0.39, 0.29) is 33.5 Å². The van der Waals surface area contributed by atoms with Crippen molar-refractivity contribution in [1.82, 2.24) is 0 Å². The van der Waals surface area contributed by atoms with Crippen molar-refractivity contribution < 1.29 is 19.4 Å². The van der Waals surface area contributed by atoms with Crippen molar-refractivity contribution >= 4 is 40.8 Å². The van der Waals surface area contributed by atoms with Crippen LogP contribution >= 0.6 is 23.2 Å². The fourth-order valence-electron chi connectivity index (χ4n) is 2.40. The van der Waals surface area contributed by atoms with Gasteiger partial charge in [0, 0.05) is 12.1 Å². The van der Waals surface area contributed by atoms with Gasteiger partial charge in [-0.1, -0.05) is 44.0 Å². The molecule has 0 aliphatic carbocycles. The molecule has 144 valence electrons. The summed E-state index contributed by atoms with van der Waals surface area (Å²) in [6.45, 7) is 6.00. The summed E-state index contributed by atoms with van der Waals surface area (Å²) in [5.41, 5.74) is 1.06. The van der Waals surface area contributed by atoms with Crippen LogP contribution in [0.25, 0.3) is 0 Å². The van der Waals surface area contributed by atoms with Gasteiger partial charge in [0.25, 0.3) is 0 Å². The maximum absolute atomic E-state index is 12.0. The van der Waals surface area contributed by atoms with E-state index in [4.69, 9.17) is 33.0 Å². The number of carbonyl (C=O) groups is 2. The third kappa shape index (κ3) is 6.77. The third-order valence-electron chi connectivity index (χ3n) is 3.46. The molecule has 0 saturated carbocycles. The molecule has 5 nitrogen and oxygen atoms in total. The number of halogens is 2. The van der Waals surface area contributed by atoms with Gasteiger partial charge in [0.15, 0.2) is 5.75 Å². The molecular weight excluding hydrogens is 389 g/mol. The summed E-state index contributed by atoms with van der Waals surface area (Å²) < 4.78 is 5.72. The molecule has 1 amide bonds. The van der Waals surface area contributed by atoms with Gasteiger partial charge in [-0.2, -0.15) is 0 Å². The third-order valence-corrected chi connectivity index (χ3v) is 4.02. The van der Waals surface area contributed by atoms with E-state index in [1.165, 1.54) is 12.1 Å². The number of nitrogens with one attached hydrogen (secondary N) is 1. The molecule has 2 aromatic rings. The number of hydrogen-bond donors (Lipinski definition) is 2. The Kier molecular flexibility index (Phi) is 6.73. The normalized spacial score (nSPS) is 11.1. The minimum Gasteiger partial charge on any atom is -0.481 e. The maximum Gasteiger partial charge on any atom is 0.307 e. The van der Waals surface area contributed by atoms with Gasteiger partial charge in [0.05, 0.1) is 16.5 Å². The molecule has 2 rings (SSSR count). The molecule has 2 N–H and O–H groups in total. The van der Waals surface area contributed by atoms with Crippen molar-refractivity contribution in [1.29, 1.82) is 0 Å². The van der Waals surface area contributed by atoms with E-state index < -0.39 is 5.97 Å². The van der Waals surface area contributed by atoms with E-state index >= 15 is 0 Å². The summed E-state index contributed by atoms with van der Waals surface area (Å²) in [5, 5.41) is 12.1. The van der Waals surface area contributed by atoms with Crippen molar-refractivity contribution in [3.63, 3.8) is 0 Å². The van der Waals surface area contributed by atoms with E-state index in [1.54, 1.807) is 24.3 Å². The van der Waals surface area contributed by atoms with Gasteiger partial charge >= 0.3 is 5.97 Å². The highest BCUT2D eigenvalue weighted by atomic mass is 35.5. The second-order valence-electron chi connectivity index (χ2n) is 7.37. The first-order valence-corrected chi connectivity index (χ1v) is 9.06. The number of anilines is 1. The first-order valence-electron chi connectivity index (χ1n) is 8.31. The van der Waals surface area contributed by atoms with Crippen molar-refractivity contribution in [2.24, 2.45) is 5.41 Å². The molecule has 0 bridgehead atoms. The summed E-state index contributed by atoms with van der Waals surface area (Å²) in [4.78, 5) is 22.8. The van der Waals surface area contributed by atoms with Crippen molar-refractivity contribution in [2.75, 3.05) is 5.32 Å². The predicted molar refractivity (Wildman–Crippen MR) is 107 cm³/mol. The Morgan fingerprint density at radius 1 is 1.07 bits per heavy atom. The Labute approximate surface area is 168 Å². The zero-order valence-electron chi connectivity index (χ0n) is 15.3. The molecule has 0 aromatic heterocycles. The smallest absolute Gasteiger partial charge is 0.307 e. The molecule has 0 unspecified atom stereocenters. The molecule has 2 aromatic carbocycles. The fourth-order valence-corrected chi connectivity index (χ4v) is 3.01. The van der Waals surface area contributed by atoms with Crippen LogP contribution in [0.5, 0.6) is 11.5 Å².